The first-order valence-electron chi connectivity index (χ1n) is 8.28. The molecule has 2 rings (SSSR count). The Morgan fingerprint density at radius 2 is 2.00 bits per heavy atom. The molecule has 0 fully saturated rings. The van der Waals surface area contributed by atoms with Crippen molar-refractivity contribution in [3.05, 3.63) is 45.6 Å². The molecule has 1 heterocycles. The third-order valence-corrected chi connectivity index (χ3v) is 5.42. The van der Waals surface area contributed by atoms with E-state index in [4.69, 9.17) is 16.3 Å². The van der Waals surface area contributed by atoms with Crippen LogP contribution >= 0.6 is 23.4 Å². The minimum atomic E-state index is -4.70. The fourth-order valence-corrected chi connectivity index (χ4v) is 3.57. The third-order valence-electron chi connectivity index (χ3n) is 3.93. The van der Waals surface area contributed by atoms with E-state index in [0.717, 1.165) is 17.8 Å². The highest BCUT2D eigenvalue weighted by molar-refractivity contribution is 8.00. The van der Waals surface area contributed by atoms with Gasteiger partial charge < -0.3 is 10.1 Å². The van der Waals surface area contributed by atoms with Gasteiger partial charge in [-0.1, -0.05) is 23.4 Å². The molecule has 1 N–H and O–H groups in total. The van der Waals surface area contributed by atoms with Gasteiger partial charge in [0.2, 0.25) is 5.91 Å². The Hall–Kier alpha value is -2.44. The number of aromatic nitrogens is 1. The zero-order valence-corrected chi connectivity index (χ0v) is 17.5. The number of nitrogens with one attached hydrogen (secondary N) is 1. The Bertz CT molecular complexity index is 990. The minimum absolute atomic E-state index is 0.0985. The second-order valence-electron chi connectivity index (χ2n) is 6.15. The molecule has 0 aliphatic heterocycles. The van der Waals surface area contributed by atoms with Crippen LogP contribution < -0.4 is 10.1 Å². The van der Waals surface area contributed by atoms with Crippen molar-refractivity contribution in [1.29, 1.82) is 5.26 Å². The van der Waals surface area contributed by atoms with Gasteiger partial charge in [0.15, 0.2) is 0 Å². The lowest BCUT2D eigenvalue weighted by Crippen LogP contribution is -2.23. The predicted molar refractivity (Wildman–Crippen MR) is 105 cm³/mol. The van der Waals surface area contributed by atoms with E-state index in [0.29, 0.717) is 22.0 Å². The Morgan fingerprint density at radius 3 is 2.55 bits per heavy atom. The molecule has 0 bridgehead atoms. The van der Waals surface area contributed by atoms with Crippen molar-refractivity contribution in [3.63, 3.8) is 0 Å². The zero-order valence-electron chi connectivity index (χ0n) is 15.9. The maximum absolute atomic E-state index is 13.2. The molecule has 10 heteroatoms. The molecule has 1 aromatic carbocycles. The van der Waals surface area contributed by atoms with Crippen LogP contribution in [0.3, 0.4) is 0 Å². The smallest absolute Gasteiger partial charge is 0.417 e. The molecule has 2 aromatic rings. The van der Waals surface area contributed by atoms with Crippen LogP contribution in [-0.4, -0.2) is 23.3 Å². The van der Waals surface area contributed by atoms with Crippen LogP contribution in [0, 0.1) is 25.2 Å². The van der Waals surface area contributed by atoms with Crippen LogP contribution in [0.2, 0.25) is 5.02 Å². The molecule has 0 unspecified atom stereocenters. The van der Waals surface area contributed by atoms with Gasteiger partial charge in [0.25, 0.3) is 0 Å². The first-order chi connectivity index (χ1) is 13.5. The van der Waals surface area contributed by atoms with Crippen molar-refractivity contribution in [2.24, 2.45) is 0 Å². The molecule has 0 saturated heterocycles. The third kappa shape index (κ3) is 5.34. The van der Waals surface area contributed by atoms with E-state index < -0.39 is 28.5 Å². The van der Waals surface area contributed by atoms with E-state index in [-0.39, 0.29) is 10.7 Å². The fraction of sp³-hybridized carbons (Fsp3) is 0.316. The summed E-state index contributed by atoms with van der Waals surface area (Å²) in [6, 6.07) is 5.55. The standard InChI is InChI=1S/C19H17ClF3N3O2S/c1-9-5-15(16(28-4)7-14(9)20)26-17(27)11(3)29-18-12(8-24)13(19(21,22)23)6-10(2)25-18/h5-7,11H,1-4H3,(H,26,27)/t11-/m1/s1. The van der Waals surface area contributed by atoms with Gasteiger partial charge in [0.1, 0.15) is 16.8 Å². The first-order valence-corrected chi connectivity index (χ1v) is 9.54. The average molecular weight is 444 g/mol. The summed E-state index contributed by atoms with van der Waals surface area (Å²) < 4.78 is 44.9. The highest BCUT2D eigenvalue weighted by Gasteiger charge is 2.36. The second-order valence-corrected chi connectivity index (χ2v) is 7.89. The lowest BCUT2D eigenvalue weighted by molar-refractivity contribution is -0.138. The molecule has 5 nitrogen and oxygen atoms in total. The van der Waals surface area contributed by atoms with Crippen molar-refractivity contribution in [2.45, 2.75) is 37.2 Å². The molecule has 0 radical (unpaired) electrons. The lowest BCUT2D eigenvalue weighted by atomic mass is 10.1. The van der Waals surface area contributed by atoms with Crippen molar-refractivity contribution in [3.8, 4) is 11.8 Å². The number of anilines is 1. The normalized spacial score (nSPS) is 12.2. The van der Waals surface area contributed by atoms with Crippen molar-refractivity contribution in [2.75, 3.05) is 12.4 Å². The quantitative estimate of drug-likeness (QED) is 0.629. The van der Waals surface area contributed by atoms with Gasteiger partial charge in [-0.2, -0.15) is 18.4 Å². The molecular formula is C19H17ClF3N3O2S. The number of alkyl halides is 3. The van der Waals surface area contributed by atoms with Crippen LogP contribution in [0.4, 0.5) is 18.9 Å². The summed E-state index contributed by atoms with van der Waals surface area (Å²) in [6.45, 7) is 4.66. The number of nitrogens with zero attached hydrogens (tertiary/aromatic N) is 2. The van der Waals surface area contributed by atoms with Crippen molar-refractivity contribution >= 4 is 35.0 Å². The minimum Gasteiger partial charge on any atom is -0.495 e. The van der Waals surface area contributed by atoms with Gasteiger partial charge in [-0.15, -0.1) is 0 Å². The summed E-state index contributed by atoms with van der Waals surface area (Å²) in [5.41, 5.74) is -0.489. The Kier molecular flexibility index (Phi) is 7.03. The number of halogens is 4. The molecule has 0 aliphatic carbocycles. The molecule has 1 aromatic heterocycles. The number of thioether (sulfide) groups is 1. The van der Waals surface area contributed by atoms with Crippen LogP contribution in [0.5, 0.6) is 5.75 Å². The number of methoxy groups -OCH3 is 1. The van der Waals surface area contributed by atoms with Gasteiger partial charge in [0.05, 0.1) is 29.2 Å². The average Bonchev–Trinajstić information content (AvgIpc) is 2.63. The lowest BCUT2D eigenvalue weighted by Gasteiger charge is -2.17. The molecule has 29 heavy (non-hydrogen) atoms. The monoisotopic (exact) mass is 443 g/mol. The Balaban J connectivity index is 2.31. The van der Waals surface area contributed by atoms with Gasteiger partial charge in [-0.3, -0.25) is 4.79 Å². The fourth-order valence-electron chi connectivity index (χ4n) is 2.45. The second kappa shape index (κ2) is 8.93. The molecule has 0 saturated carbocycles. The number of rotatable bonds is 5. The van der Waals surface area contributed by atoms with Crippen LogP contribution in [0.1, 0.15) is 29.3 Å². The van der Waals surface area contributed by atoms with Gasteiger partial charge in [-0.25, -0.2) is 4.98 Å². The van der Waals surface area contributed by atoms with Crippen LogP contribution in [-0.2, 0) is 11.0 Å². The van der Waals surface area contributed by atoms with Crippen molar-refractivity contribution in [1.82, 2.24) is 4.98 Å². The predicted octanol–water partition coefficient (Wildman–Crippen LogP) is 5.37. The van der Waals surface area contributed by atoms with Gasteiger partial charge >= 0.3 is 6.18 Å². The summed E-state index contributed by atoms with van der Waals surface area (Å²) in [5.74, 6) is -0.146. The van der Waals surface area contributed by atoms with Crippen molar-refractivity contribution < 1.29 is 22.7 Å². The summed E-state index contributed by atoms with van der Waals surface area (Å²) >= 11 is 6.82. The van der Waals surface area contributed by atoms with E-state index in [1.54, 1.807) is 25.1 Å². The number of ether oxygens (including phenoxy) is 1. The van der Waals surface area contributed by atoms with E-state index in [2.05, 4.69) is 10.3 Å². The maximum atomic E-state index is 13.2. The van der Waals surface area contributed by atoms with E-state index in [9.17, 15) is 23.2 Å². The summed E-state index contributed by atoms with van der Waals surface area (Å²) in [5, 5.41) is 11.4. The van der Waals surface area contributed by atoms with E-state index >= 15 is 0 Å². The Morgan fingerprint density at radius 1 is 1.34 bits per heavy atom. The largest absolute Gasteiger partial charge is 0.495 e. The molecule has 1 amide bonds. The number of benzene rings is 1. The maximum Gasteiger partial charge on any atom is 0.417 e. The highest BCUT2D eigenvalue weighted by Crippen LogP contribution is 2.37. The summed E-state index contributed by atoms with van der Waals surface area (Å²) in [6.07, 6.45) is -4.70. The molecule has 0 spiro atoms. The Labute approximate surface area is 175 Å². The molecule has 1 atom stereocenters. The van der Waals surface area contributed by atoms with E-state index in [1.807, 2.05) is 0 Å². The van der Waals surface area contributed by atoms with Gasteiger partial charge in [-0.05, 0) is 38.5 Å². The molecule has 154 valence electrons. The van der Waals surface area contributed by atoms with E-state index in [1.165, 1.54) is 21.0 Å². The number of amides is 1. The summed E-state index contributed by atoms with van der Waals surface area (Å²) in [7, 11) is 1.42. The van der Waals surface area contributed by atoms with Crippen LogP contribution in [0.25, 0.3) is 0 Å². The molecule has 0 aliphatic rings. The highest BCUT2D eigenvalue weighted by atomic mass is 35.5. The SMILES string of the molecule is COc1cc(Cl)c(C)cc1NC(=O)[C@@H](C)Sc1nc(C)cc(C(F)(F)F)c1C#N. The number of hydrogen-bond acceptors (Lipinski definition) is 5. The number of carbonyl (C=O) groups is 1. The number of hydrogen-bond donors (Lipinski definition) is 1. The molecular weight excluding hydrogens is 427 g/mol. The van der Waals surface area contributed by atoms with Crippen LogP contribution in [0.15, 0.2) is 23.2 Å². The number of aryl methyl sites for hydroxylation is 2. The topological polar surface area (TPSA) is 75.0 Å². The van der Waals surface area contributed by atoms with Gasteiger partial charge in [0, 0.05) is 16.8 Å². The summed E-state index contributed by atoms with van der Waals surface area (Å²) in [4.78, 5) is 16.6. The first kappa shape index (κ1) is 22.8. The zero-order chi connectivity index (χ0) is 21.9. The number of carbonyl (C=O) groups excluding carboxylic acids is 1. The number of pyridine rings is 1. The number of nitriles is 1.